The highest BCUT2D eigenvalue weighted by Crippen LogP contribution is 2.17. The molecule has 0 aliphatic rings. The molecule has 0 saturated carbocycles. The zero-order valence-electron chi connectivity index (χ0n) is 15.9. The summed E-state index contributed by atoms with van der Waals surface area (Å²) in [5.41, 5.74) is 5.88. The van der Waals surface area contributed by atoms with E-state index in [-0.39, 0.29) is 12.1 Å². The third kappa shape index (κ3) is 5.40. The van der Waals surface area contributed by atoms with E-state index in [2.05, 4.69) is 20.5 Å². The summed E-state index contributed by atoms with van der Waals surface area (Å²) in [5.74, 6) is 0. The molecule has 0 fully saturated rings. The molecule has 3 aromatic rings. The lowest BCUT2D eigenvalue weighted by molar-refractivity contribution is 0.189. The SMILES string of the molecule is Cc1cc(CC(C)NC(=O)N(Cc2ccccc2)Cc2scnc2C)n[nH]1. The van der Waals surface area contributed by atoms with Crippen LogP contribution in [0.25, 0.3) is 0 Å². The van der Waals surface area contributed by atoms with Crippen molar-refractivity contribution in [2.75, 3.05) is 0 Å². The van der Waals surface area contributed by atoms with Crippen molar-refractivity contribution in [3.05, 3.63) is 69.4 Å². The molecule has 1 atom stereocenters. The summed E-state index contributed by atoms with van der Waals surface area (Å²) in [6, 6.07) is 12.0. The largest absolute Gasteiger partial charge is 0.335 e. The fourth-order valence-electron chi connectivity index (χ4n) is 2.90. The molecule has 7 heteroatoms. The fraction of sp³-hybridized carbons (Fsp3) is 0.350. The molecule has 0 aliphatic heterocycles. The number of hydrogen-bond acceptors (Lipinski definition) is 4. The number of urea groups is 1. The van der Waals surface area contributed by atoms with Crippen LogP contribution in [0.15, 0.2) is 41.9 Å². The molecule has 142 valence electrons. The molecule has 0 spiro atoms. The van der Waals surface area contributed by atoms with Gasteiger partial charge in [-0.3, -0.25) is 5.10 Å². The third-order valence-corrected chi connectivity index (χ3v) is 5.25. The summed E-state index contributed by atoms with van der Waals surface area (Å²) < 4.78 is 0. The number of amides is 2. The number of H-pyrrole nitrogens is 1. The molecule has 6 nitrogen and oxygen atoms in total. The van der Waals surface area contributed by atoms with E-state index in [0.29, 0.717) is 19.5 Å². The second kappa shape index (κ2) is 8.81. The molecule has 2 N–H and O–H groups in total. The number of nitrogens with zero attached hydrogens (tertiary/aromatic N) is 3. The van der Waals surface area contributed by atoms with Crippen molar-refractivity contribution in [3.8, 4) is 0 Å². The van der Waals surface area contributed by atoms with E-state index in [4.69, 9.17) is 0 Å². The summed E-state index contributed by atoms with van der Waals surface area (Å²) >= 11 is 1.58. The van der Waals surface area contributed by atoms with E-state index in [9.17, 15) is 4.79 Å². The number of benzene rings is 1. The maximum absolute atomic E-state index is 13.0. The van der Waals surface area contributed by atoms with Crippen LogP contribution < -0.4 is 5.32 Å². The van der Waals surface area contributed by atoms with E-state index in [1.807, 2.05) is 67.6 Å². The first-order valence-corrected chi connectivity index (χ1v) is 9.88. The molecule has 0 aliphatic carbocycles. The maximum Gasteiger partial charge on any atom is 0.318 e. The normalized spacial score (nSPS) is 12.0. The van der Waals surface area contributed by atoms with E-state index < -0.39 is 0 Å². The number of aromatic amines is 1. The molecule has 2 amide bonds. The van der Waals surface area contributed by atoms with Crippen LogP contribution in [0.5, 0.6) is 0 Å². The quantitative estimate of drug-likeness (QED) is 0.651. The molecule has 0 saturated heterocycles. The second-order valence-corrected chi connectivity index (χ2v) is 7.74. The van der Waals surface area contributed by atoms with Crippen LogP contribution >= 0.6 is 11.3 Å². The minimum absolute atomic E-state index is 0.0129. The summed E-state index contributed by atoms with van der Waals surface area (Å²) in [6.45, 7) is 7.05. The van der Waals surface area contributed by atoms with Gasteiger partial charge in [-0.2, -0.15) is 5.10 Å². The molecular formula is C20H25N5OS. The number of carbonyl (C=O) groups excluding carboxylic acids is 1. The third-order valence-electron chi connectivity index (χ3n) is 4.33. The Morgan fingerprint density at radius 1 is 1.26 bits per heavy atom. The Bertz CT molecular complexity index is 873. The standard InChI is InChI=1S/C20H25N5OS/c1-14(9-18-10-15(2)23-24-18)22-20(26)25(11-17-7-5-4-6-8-17)12-19-16(3)21-13-27-19/h4-8,10,13-14H,9,11-12H2,1-3H3,(H,22,26)(H,23,24). The second-order valence-electron chi connectivity index (χ2n) is 6.80. The van der Waals surface area contributed by atoms with Crippen molar-refractivity contribution in [1.82, 2.24) is 25.4 Å². The van der Waals surface area contributed by atoms with E-state index in [1.165, 1.54) is 0 Å². The minimum atomic E-state index is -0.0774. The van der Waals surface area contributed by atoms with Crippen LogP contribution in [0.1, 0.15) is 34.4 Å². The monoisotopic (exact) mass is 383 g/mol. The number of rotatable bonds is 7. The zero-order valence-corrected chi connectivity index (χ0v) is 16.7. The van der Waals surface area contributed by atoms with Crippen LogP contribution in [-0.2, 0) is 19.5 Å². The minimum Gasteiger partial charge on any atom is -0.335 e. The molecule has 1 aromatic carbocycles. The van der Waals surface area contributed by atoms with Gasteiger partial charge in [-0.25, -0.2) is 9.78 Å². The predicted molar refractivity (Wildman–Crippen MR) is 108 cm³/mol. The Balaban J connectivity index is 1.68. The molecule has 3 rings (SSSR count). The van der Waals surface area contributed by atoms with Crippen LogP contribution in [0, 0.1) is 13.8 Å². The lowest BCUT2D eigenvalue weighted by Crippen LogP contribution is -2.44. The van der Waals surface area contributed by atoms with Crippen LogP contribution in [0.3, 0.4) is 0 Å². The number of hydrogen-bond donors (Lipinski definition) is 2. The number of carbonyl (C=O) groups is 1. The van der Waals surface area contributed by atoms with Gasteiger partial charge >= 0.3 is 6.03 Å². The maximum atomic E-state index is 13.0. The van der Waals surface area contributed by atoms with Crippen molar-refractivity contribution in [2.45, 2.75) is 46.3 Å². The molecule has 2 aromatic heterocycles. The van der Waals surface area contributed by atoms with Crippen molar-refractivity contribution in [1.29, 1.82) is 0 Å². The number of nitrogens with one attached hydrogen (secondary N) is 2. The molecular weight excluding hydrogens is 358 g/mol. The summed E-state index contributed by atoms with van der Waals surface area (Å²) in [5, 5.41) is 10.3. The van der Waals surface area contributed by atoms with Crippen LogP contribution in [-0.4, -0.2) is 32.2 Å². The van der Waals surface area contributed by atoms with E-state index in [0.717, 1.165) is 27.5 Å². The Morgan fingerprint density at radius 3 is 2.67 bits per heavy atom. The summed E-state index contributed by atoms with van der Waals surface area (Å²) in [7, 11) is 0. The van der Waals surface area contributed by atoms with Gasteiger partial charge in [0.2, 0.25) is 0 Å². The highest BCUT2D eigenvalue weighted by molar-refractivity contribution is 7.09. The number of aromatic nitrogens is 3. The first kappa shape index (κ1) is 19.1. The predicted octanol–water partition coefficient (Wildman–Crippen LogP) is 3.83. The number of aryl methyl sites for hydroxylation is 2. The average molecular weight is 384 g/mol. The molecule has 2 heterocycles. The van der Waals surface area contributed by atoms with Crippen molar-refractivity contribution >= 4 is 17.4 Å². The Morgan fingerprint density at radius 2 is 2.04 bits per heavy atom. The van der Waals surface area contributed by atoms with Gasteiger partial charge < -0.3 is 10.2 Å². The van der Waals surface area contributed by atoms with Crippen molar-refractivity contribution < 1.29 is 4.79 Å². The van der Waals surface area contributed by atoms with E-state index >= 15 is 0 Å². The lowest BCUT2D eigenvalue weighted by Gasteiger charge is -2.25. The summed E-state index contributed by atoms with van der Waals surface area (Å²) in [6.07, 6.45) is 0.689. The molecule has 0 bridgehead atoms. The highest BCUT2D eigenvalue weighted by Gasteiger charge is 2.19. The Labute approximate surface area is 163 Å². The van der Waals surface area contributed by atoms with Crippen LogP contribution in [0.4, 0.5) is 4.79 Å². The smallest absolute Gasteiger partial charge is 0.318 e. The first-order valence-electron chi connectivity index (χ1n) is 9.00. The fourth-order valence-corrected chi connectivity index (χ4v) is 3.69. The van der Waals surface area contributed by atoms with Gasteiger partial charge in [0, 0.05) is 29.6 Å². The van der Waals surface area contributed by atoms with Gasteiger partial charge in [-0.1, -0.05) is 30.3 Å². The molecule has 1 unspecified atom stereocenters. The average Bonchev–Trinajstić information content (AvgIpc) is 3.23. The zero-order chi connectivity index (χ0) is 19.2. The van der Waals surface area contributed by atoms with Gasteiger partial charge in [0.1, 0.15) is 0 Å². The van der Waals surface area contributed by atoms with Gasteiger partial charge in [0.15, 0.2) is 0 Å². The van der Waals surface area contributed by atoms with Gasteiger partial charge in [0.25, 0.3) is 0 Å². The lowest BCUT2D eigenvalue weighted by atomic mass is 10.2. The molecule has 27 heavy (non-hydrogen) atoms. The molecule has 0 radical (unpaired) electrons. The Hall–Kier alpha value is -2.67. The van der Waals surface area contributed by atoms with Gasteiger partial charge in [-0.05, 0) is 32.4 Å². The topological polar surface area (TPSA) is 73.9 Å². The summed E-state index contributed by atoms with van der Waals surface area (Å²) in [4.78, 5) is 20.2. The van der Waals surface area contributed by atoms with Gasteiger partial charge in [0.05, 0.1) is 23.4 Å². The van der Waals surface area contributed by atoms with Crippen LogP contribution in [0.2, 0.25) is 0 Å². The van der Waals surface area contributed by atoms with E-state index in [1.54, 1.807) is 11.3 Å². The van der Waals surface area contributed by atoms with Gasteiger partial charge in [-0.15, -0.1) is 11.3 Å². The number of thiazole rings is 1. The van der Waals surface area contributed by atoms with Crippen molar-refractivity contribution in [2.24, 2.45) is 0 Å². The highest BCUT2D eigenvalue weighted by atomic mass is 32.1. The Kier molecular flexibility index (Phi) is 6.24. The van der Waals surface area contributed by atoms with Crippen molar-refractivity contribution in [3.63, 3.8) is 0 Å². The first-order chi connectivity index (χ1) is 13.0.